The van der Waals surface area contributed by atoms with Gasteiger partial charge in [-0.05, 0) is 80.2 Å². The highest BCUT2D eigenvalue weighted by Gasteiger charge is 2.54. The summed E-state index contributed by atoms with van der Waals surface area (Å²) >= 11 is 0. The summed E-state index contributed by atoms with van der Waals surface area (Å²) in [6, 6.07) is 6.99. The van der Waals surface area contributed by atoms with Crippen LogP contribution in [0.2, 0.25) is 0 Å². The van der Waals surface area contributed by atoms with Gasteiger partial charge in [0.15, 0.2) is 0 Å². The number of rotatable bonds is 2. The van der Waals surface area contributed by atoms with E-state index in [2.05, 4.69) is 17.0 Å². The van der Waals surface area contributed by atoms with Crippen molar-refractivity contribution in [3.63, 3.8) is 0 Å². The van der Waals surface area contributed by atoms with Gasteiger partial charge in [0.1, 0.15) is 5.75 Å². The number of phenolic OH excluding ortho intramolecular Hbond substituents is 1. The summed E-state index contributed by atoms with van der Waals surface area (Å²) in [6.45, 7) is 2.64. The van der Waals surface area contributed by atoms with Crippen LogP contribution in [0.5, 0.6) is 5.75 Å². The molecule has 0 aromatic heterocycles. The second-order valence-electron chi connectivity index (χ2n) is 8.31. The zero-order chi connectivity index (χ0) is 14.7. The molecule has 3 aliphatic carbocycles. The Hall–Kier alpha value is -1.02. The SMILES string of the molecule is Oc1ccc2c(c1)C[C@H]1[C@@H]3CCCC[C@@]23CCN1CC1CC1. The van der Waals surface area contributed by atoms with E-state index in [9.17, 15) is 5.11 Å². The molecular weight excluding hydrogens is 270 g/mol. The lowest BCUT2D eigenvalue weighted by molar-refractivity contribution is -0.0134. The average Bonchev–Trinajstić information content (AvgIpc) is 3.33. The van der Waals surface area contributed by atoms with Crippen LogP contribution < -0.4 is 0 Å². The topological polar surface area (TPSA) is 23.5 Å². The molecule has 1 saturated heterocycles. The minimum absolute atomic E-state index is 0.435. The summed E-state index contributed by atoms with van der Waals surface area (Å²) in [5.74, 6) is 2.31. The first-order valence-corrected chi connectivity index (χ1v) is 9.33. The maximum atomic E-state index is 9.95. The van der Waals surface area contributed by atoms with Crippen molar-refractivity contribution in [2.24, 2.45) is 11.8 Å². The van der Waals surface area contributed by atoms with Gasteiger partial charge in [-0.3, -0.25) is 4.90 Å². The standard InChI is InChI=1S/C20H27NO/c22-16-6-7-17-15(11-16)12-19-18-3-1-2-8-20(17,18)9-10-21(19)13-14-4-5-14/h6-7,11,14,18-19,22H,1-5,8-10,12-13H2/t18-,19-,20+/m0/s1. The number of likely N-dealkylation sites (tertiary alicyclic amines) is 1. The summed E-state index contributed by atoms with van der Waals surface area (Å²) in [5.41, 5.74) is 3.48. The lowest BCUT2D eigenvalue weighted by atomic mass is 9.52. The van der Waals surface area contributed by atoms with Crippen LogP contribution in [-0.4, -0.2) is 29.1 Å². The molecule has 0 spiro atoms. The van der Waals surface area contributed by atoms with Crippen LogP contribution in [0.4, 0.5) is 0 Å². The van der Waals surface area contributed by atoms with Crippen molar-refractivity contribution >= 4 is 0 Å². The normalized spacial score (nSPS) is 37.5. The Kier molecular flexibility index (Phi) is 2.89. The lowest BCUT2D eigenvalue weighted by Gasteiger charge is -2.59. The first kappa shape index (κ1) is 13.4. The molecule has 1 heterocycles. The third-order valence-corrected chi connectivity index (χ3v) is 7.12. The van der Waals surface area contributed by atoms with Gasteiger partial charge in [0.05, 0.1) is 0 Å². The first-order valence-electron chi connectivity index (χ1n) is 9.33. The molecule has 0 unspecified atom stereocenters. The van der Waals surface area contributed by atoms with Crippen molar-refractivity contribution in [2.45, 2.75) is 62.8 Å². The molecular formula is C20H27NO. The fourth-order valence-corrected chi connectivity index (χ4v) is 5.96. The highest BCUT2D eigenvalue weighted by molar-refractivity contribution is 5.44. The van der Waals surface area contributed by atoms with E-state index >= 15 is 0 Å². The molecule has 118 valence electrons. The molecule has 1 aromatic carbocycles. The molecule has 1 N–H and O–H groups in total. The number of hydrogen-bond donors (Lipinski definition) is 1. The summed E-state index contributed by atoms with van der Waals surface area (Å²) in [5, 5.41) is 9.95. The largest absolute Gasteiger partial charge is 0.508 e. The molecule has 0 amide bonds. The highest BCUT2D eigenvalue weighted by Crippen LogP contribution is 2.56. The van der Waals surface area contributed by atoms with Crippen molar-refractivity contribution in [3.8, 4) is 5.75 Å². The molecule has 3 fully saturated rings. The molecule has 1 aromatic rings. The van der Waals surface area contributed by atoms with Gasteiger partial charge in [0.25, 0.3) is 0 Å². The predicted octanol–water partition coefficient (Wildman–Crippen LogP) is 3.86. The van der Waals surface area contributed by atoms with Crippen molar-refractivity contribution in [3.05, 3.63) is 29.3 Å². The van der Waals surface area contributed by atoms with E-state index in [1.807, 2.05) is 6.07 Å². The van der Waals surface area contributed by atoms with E-state index in [4.69, 9.17) is 0 Å². The third kappa shape index (κ3) is 1.89. The van der Waals surface area contributed by atoms with Gasteiger partial charge >= 0.3 is 0 Å². The number of benzene rings is 1. The summed E-state index contributed by atoms with van der Waals surface area (Å²) in [7, 11) is 0. The van der Waals surface area contributed by atoms with Crippen LogP contribution in [-0.2, 0) is 11.8 Å². The lowest BCUT2D eigenvalue weighted by Crippen LogP contribution is -2.61. The zero-order valence-electron chi connectivity index (χ0n) is 13.4. The molecule has 22 heavy (non-hydrogen) atoms. The zero-order valence-corrected chi connectivity index (χ0v) is 13.4. The maximum Gasteiger partial charge on any atom is 0.115 e. The van der Waals surface area contributed by atoms with Crippen molar-refractivity contribution < 1.29 is 5.11 Å². The molecule has 5 rings (SSSR count). The number of fused-ring (bicyclic) bond motifs is 1. The van der Waals surface area contributed by atoms with Gasteiger partial charge in [-0.25, -0.2) is 0 Å². The summed E-state index contributed by atoms with van der Waals surface area (Å²) < 4.78 is 0. The molecule has 4 aliphatic rings. The van der Waals surface area contributed by atoms with Gasteiger partial charge < -0.3 is 5.11 Å². The van der Waals surface area contributed by atoms with Gasteiger partial charge in [0, 0.05) is 18.0 Å². The molecule has 0 radical (unpaired) electrons. The molecule has 2 nitrogen and oxygen atoms in total. The van der Waals surface area contributed by atoms with E-state index in [1.54, 1.807) is 5.56 Å². The van der Waals surface area contributed by atoms with Crippen LogP contribution >= 0.6 is 0 Å². The van der Waals surface area contributed by atoms with Crippen LogP contribution in [0, 0.1) is 11.8 Å². The summed E-state index contributed by atoms with van der Waals surface area (Å²) in [4.78, 5) is 2.83. The van der Waals surface area contributed by atoms with Crippen molar-refractivity contribution in [1.29, 1.82) is 0 Å². The third-order valence-electron chi connectivity index (χ3n) is 7.12. The van der Waals surface area contributed by atoms with Crippen LogP contribution in [0.1, 0.15) is 56.1 Å². The Balaban J connectivity index is 1.58. The van der Waals surface area contributed by atoms with Crippen molar-refractivity contribution in [1.82, 2.24) is 4.90 Å². The highest BCUT2D eigenvalue weighted by atomic mass is 16.3. The number of hydrogen-bond acceptors (Lipinski definition) is 2. The van der Waals surface area contributed by atoms with Gasteiger partial charge in [-0.15, -0.1) is 0 Å². The quantitative estimate of drug-likeness (QED) is 0.896. The average molecular weight is 297 g/mol. The monoisotopic (exact) mass is 297 g/mol. The van der Waals surface area contributed by atoms with Crippen LogP contribution in [0.25, 0.3) is 0 Å². The Morgan fingerprint density at radius 2 is 2.05 bits per heavy atom. The molecule has 2 saturated carbocycles. The summed E-state index contributed by atoms with van der Waals surface area (Å²) in [6.07, 6.45) is 11.0. The van der Waals surface area contributed by atoms with Gasteiger partial charge in [-0.1, -0.05) is 18.9 Å². The number of aromatic hydroxyl groups is 1. The Labute approximate surface area is 133 Å². The minimum Gasteiger partial charge on any atom is -0.508 e. The smallest absolute Gasteiger partial charge is 0.115 e. The van der Waals surface area contributed by atoms with Crippen molar-refractivity contribution in [2.75, 3.05) is 13.1 Å². The molecule has 1 aliphatic heterocycles. The van der Waals surface area contributed by atoms with E-state index in [-0.39, 0.29) is 0 Å². The van der Waals surface area contributed by atoms with E-state index in [1.165, 1.54) is 70.0 Å². The number of phenols is 1. The Bertz CT molecular complexity index is 593. The molecule has 2 heteroatoms. The van der Waals surface area contributed by atoms with Crippen LogP contribution in [0.15, 0.2) is 18.2 Å². The second kappa shape index (κ2) is 4.74. The fourth-order valence-electron chi connectivity index (χ4n) is 5.96. The second-order valence-corrected chi connectivity index (χ2v) is 8.31. The van der Waals surface area contributed by atoms with Crippen LogP contribution in [0.3, 0.4) is 0 Å². The minimum atomic E-state index is 0.435. The predicted molar refractivity (Wildman–Crippen MR) is 88.1 cm³/mol. The fraction of sp³-hybridized carbons (Fsp3) is 0.700. The van der Waals surface area contributed by atoms with E-state index < -0.39 is 0 Å². The molecule has 2 bridgehead atoms. The first-order chi connectivity index (χ1) is 10.8. The maximum absolute atomic E-state index is 9.95. The Morgan fingerprint density at radius 1 is 1.14 bits per heavy atom. The van der Waals surface area contributed by atoms with E-state index in [0.717, 1.165) is 17.9 Å². The Morgan fingerprint density at radius 3 is 2.91 bits per heavy atom. The van der Waals surface area contributed by atoms with Gasteiger partial charge in [-0.2, -0.15) is 0 Å². The molecule has 3 atom stereocenters. The van der Waals surface area contributed by atoms with Gasteiger partial charge in [0.2, 0.25) is 0 Å². The van der Waals surface area contributed by atoms with E-state index in [0.29, 0.717) is 11.2 Å². The number of nitrogens with zero attached hydrogens (tertiary/aromatic N) is 1. The number of piperidine rings is 1.